The van der Waals surface area contributed by atoms with Crippen molar-refractivity contribution in [2.75, 3.05) is 0 Å². The van der Waals surface area contributed by atoms with Gasteiger partial charge in [0.25, 0.3) is 0 Å². The zero-order valence-electron chi connectivity index (χ0n) is 41.6. The van der Waals surface area contributed by atoms with Crippen LogP contribution in [0, 0.1) is 62.3 Å². The molecule has 0 aliphatic rings. The summed E-state index contributed by atoms with van der Waals surface area (Å²) in [7, 11) is 0. The smallest absolute Gasteiger partial charge is 0.119 e. The lowest BCUT2D eigenvalue weighted by Gasteiger charge is -2.27. The highest BCUT2D eigenvalue weighted by atomic mass is 16.3. The summed E-state index contributed by atoms with van der Waals surface area (Å²) in [5.41, 5.74) is 14.9. The molecule has 9 rings (SSSR count). The zero-order valence-corrected chi connectivity index (χ0v) is 41.6. The fourth-order valence-electron chi connectivity index (χ4n) is 10.6. The van der Waals surface area contributed by atoms with Gasteiger partial charge in [-0.2, -0.15) is 0 Å². The van der Waals surface area contributed by atoms with Crippen molar-refractivity contribution in [2.45, 2.75) is 62.3 Å². The molecule has 9 aromatic rings. The normalized spacial score (nSPS) is 11.3. The van der Waals surface area contributed by atoms with Crippen LogP contribution in [0.1, 0.15) is 50.1 Å². The van der Waals surface area contributed by atoms with Crippen LogP contribution >= 0.6 is 0 Å². The minimum atomic E-state index is -0.0153. The highest BCUT2D eigenvalue weighted by Gasteiger charge is 2.30. The maximum atomic E-state index is 11.8. The predicted octanol–water partition coefficient (Wildman–Crippen LogP) is 15.1. The van der Waals surface area contributed by atoms with Crippen LogP contribution in [0.5, 0.6) is 51.7 Å². The van der Waals surface area contributed by atoms with Crippen molar-refractivity contribution in [3.63, 3.8) is 0 Å². The summed E-state index contributed by atoms with van der Waals surface area (Å²) in [6, 6.07) is 34.4. The second-order valence-electron chi connectivity index (χ2n) is 18.8. The molecule has 0 fully saturated rings. The van der Waals surface area contributed by atoms with Crippen LogP contribution in [-0.4, -0.2) is 46.0 Å². The van der Waals surface area contributed by atoms with E-state index in [2.05, 4.69) is 0 Å². The molecule has 9 heteroatoms. The highest BCUT2D eigenvalue weighted by Crippen LogP contribution is 2.55. The quantitative estimate of drug-likeness (QED) is 0.0716. The molecule has 0 aliphatic carbocycles. The Morgan fingerprint density at radius 1 is 0.167 bits per heavy atom. The monoisotopic (exact) mass is 956 g/mol. The van der Waals surface area contributed by atoms with E-state index in [4.69, 9.17) is 0 Å². The lowest BCUT2D eigenvalue weighted by molar-refractivity contribution is 0.469. The molecule has 0 amide bonds. The molecule has 0 bridgehead atoms. The van der Waals surface area contributed by atoms with Crippen LogP contribution in [-0.2, 0) is 0 Å². The van der Waals surface area contributed by atoms with Crippen LogP contribution in [0.3, 0.4) is 0 Å². The number of benzene rings is 9. The van der Waals surface area contributed by atoms with E-state index in [0.717, 1.165) is 11.1 Å². The summed E-state index contributed by atoms with van der Waals surface area (Å²) >= 11 is 0. The van der Waals surface area contributed by atoms with Gasteiger partial charge in [-0.3, -0.25) is 0 Å². The highest BCUT2D eigenvalue weighted by molar-refractivity contribution is 6.07. The Balaban J connectivity index is 1.39. The molecule has 0 atom stereocenters. The van der Waals surface area contributed by atoms with Gasteiger partial charge in [0.05, 0.1) is 0 Å². The molecule has 72 heavy (non-hydrogen) atoms. The van der Waals surface area contributed by atoms with Crippen molar-refractivity contribution in [1.29, 1.82) is 0 Å². The van der Waals surface area contributed by atoms with Gasteiger partial charge in [-0.1, -0.05) is 66.7 Å². The molecule has 9 N–H and O–H groups in total. The molecule has 0 aliphatic heterocycles. The number of rotatable bonds is 8. The van der Waals surface area contributed by atoms with Gasteiger partial charge < -0.3 is 46.0 Å². The summed E-state index contributed by atoms with van der Waals surface area (Å²) in [6.07, 6.45) is 0. The summed E-state index contributed by atoms with van der Waals surface area (Å²) in [4.78, 5) is 0. The number of hydrogen-bond acceptors (Lipinski definition) is 9. The third-order valence-corrected chi connectivity index (χ3v) is 14.8. The Labute approximate surface area is 418 Å². The molecule has 0 unspecified atom stereocenters. The third kappa shape index (κ3) is 7.65. The van der Waals surface area contributed by atoms with Crippen molar-refractivity contribution in [1.82, 2.24) is 0 Å². The van der Waals surface area contributed by atoms with Gasteiger partial charge in [-0.15, -0.1) is 0 Å². The van der Waals surface area contributed by atoms with E-state index in [1.54, 1.807) is 132 Å². The van der Waals surface area contributed by atoms with Crippen molar-refractivity contribution in [3.05, 3.63) is 171 Å². The number of phenolic OH excluding ortho intramolecular Hbond substituents is 9. The first kappa shape index (κ1) is 48.2. The van der Waals surface area contributed by atoms with E-state index in [-0.39, 0.29) is 51.7 Å². The van der Waals surface area contributed by atoms with E-state index < -0.39 is 0 Å². The number of phenols is 9. The van der Waals surface area contributed by atoms with Gasteiger partial charge in [0.1, 0.15) is 51.7 Å². The Bertz CT molecular complexity index is 3730. The molecular weight excluding hydrogens is 901 g/mol. The summed E-state index contributed by atoms with van der Waals surface area (Å²) in [6.45, 7) is 16.3. The summed E-state index contributed by atoms with van der Waals surface area (Å²) < 4.78 is 0. The van der Waals surface area contributed by atoms with E-state index in [9.17, 15) is 46.0 Å². The van der Waals surface area contributed by atoms with E-state index >= 15 is 0 Å². The maximum absolute atomic E-state index is 11.8. The fraction of sp³-hybridized carbons (Fsp3) is 0.143. The average molecular weight is 957 g/mol. The first-order valence-electron chi connectivity index (χ1n) is 23.6. The molecule has 0 saturated heterocycles. The van der Waals surface area contributed by atoms with E-state index in [0.29, 0.717) is 128 Å². The van der Waals surface area contributed by atoms with Gasteiger partial charge in [0.2, 0.25) is 0 Å². The molecular formula is C63H56O9. The van der Waals surface area contributed by atoms with Crippen LogP contribution in [0.15, 0.2) is 121 Å². The van der Waals surface area contributed by atoms with Crippen molar-refractivity contribution in [2.24, 2.45) is 0 Å². The summed E-state index contributed by atoms with van der Waals surface area (Å²) in [5, 5.41) is 103. The minimum absolute atomic E-state index is 0.00769. The molecule has 0 spiro atoms. The van der Waals surface area contributed by atoms with Crippen LogP contribution in [0.2, 0.25) is 0 Å². The van der Waals surface area contributed by atoms with Gasteiger partial charge >= 0.3 is 0 Å². The molecule has 9 nitrogen and oxygen atoms in total. The maximum Gasteiger partial charge on any atom is 0.119 e. The number of hydrogen-bond donors (Lipinski definition) is 9. The number of aromatic hydroxyl groups is 9. The molecule has 0 aromatic heterocycles. The SMILES string of the molecule is Cc1c(O)cccc1-c1ccc(O)c(C)c1-c1ccc(O)c(C)c1-c1ccc(O)c(C)c1-c1ccc(O)c(C)c1-c1ccc(O)c(C)c1-c1ccc(O)c(C)c1-c1ccc(O)c(C)c1-c1cccc(O)c1C. The van der Waals surface area contributed by atoms with Gasteiger partial charge in [-0.05, 0) is 256 Å². The zero-order chi connectivity index (χ0) is 51.8. The van der Waals surface area contributed by atoms with Gasteiger partial charge in [0, 0.05) is 0 Å². The molecule has 0 saturated carbocycles. The lowest BCUT2D eigenvalue weighted by atomic mass is 9.77. The average Bonchev–Trinajstić information content (AvgIpc) is 3.35. The molecule has 9 aromatic carbocycles. The Kier molecular flexibility index (Phi) is 12.2. The first-order chi connectivity index (χ1) is 34.2. The van der Waals surface area contributed by atoms with Crippen molar-refractivity contribution >= 4 is 0 Å². The fourth-order valence-corrected chi connectivity index (χ4v) is 10.6. The van der Waals surface area contributed by atoms with E-state index in [1.807, 2.05) is 52.0 Å². The van der Waals surface area contributed by atoms with Gasteiger partial charge in [0.15, 0.2) is 0 Å². The van der Waals surface area contributed by atoms with Crippen LogP contribution in [0.4, 0.5) is 0 Å². The second kappa shape index (κ2) is 18.2. The topological polar surface area (TPSA) is 182 Å². The Morgan fingerprint density at radius 3 is 0.611 bits per heavy atom. The standard InChI is InChI=1S/C63H56O9/c1-30-39(12-10-14-48(30)64)41-16-23-50(66)33(4)58(41)43-18-25-52(68)35(6)60(43)45-20-27-54(70)37(8)62(45)47-22-29-56(72)38(9)63(47)46-21-28-55(71)36(7)61(46)44-19-26-53(69)34(5)59(44)42-17-24-51(67)32(3)57(42)40-13-11-15-49(65)31(40)2/h10-29,64-72H,1-9H3. The lowest BCUT2D eigenvalue weighted by Crippen LogP contribution is -2.01. The Morgan fingerprint density at radius 2 is 0.347 bits per heavy atom. The first-order valence-corrected chi connectivity index (χ1v) is 23.6. The van der Waals surface area contributed by atoms with Crippen LogP contribution in [0.25, 0.3) is 89.0 Å². The van der Waals surface area contributed by atoms with Crippen molar-refractivity contribution < 1.29 is 46.0 Å². The largest absolute Gasteiger partial charge is 0.508 e. The molecule has 0 radical (unpaired) electrons. The third-order valence-electron chi connectivity index (χ3n) is 14.8. The van der Waals surface area contributed by atoms with Crippen molar-refractivity contribution in [3.8, 4) is 141 Å². The Hall–Kier alpha value is -8.82. The minimum Gasteiger partial charge on any atom is -0.508 e. The van der Waals surface area contributed by atoms with Crippen LogP contribution < -0.4 is 0 Å². The molecule has 0 heterocycles. The summed E-state index contributed by atoms with van der Waals surface area (Å²) in [5.74, 6) is 0.260. The van der Waals surface area contributed by atoms with Gasteiger partial charge in [-0.25, -0.2) is 0 Å². The second-order valence-corrected chi connectivity index (χ2v) is 18.8. The predicted molar refractivity (Wildman–Crippen MR) is 288 cm³/mol. The van der Waals surface area contributed by atoms with E-state index in [1.165, 1.54) is 0 Å². The molecule has 362 valence electrons.